The molecule has 1 unspecified atom stereocenters. The van der Waals surface area contributed by atoms with Crippen LogP contribution in [0.1, 0.15) is 18.2 Å². The van der Waals surface area contributed by atoms with Crippen molar-refractivity contribution in [1.29, 1.82) is 0 Å². The summed E-state index contributed by atoms with van der Waals surface area (Å²) in [5.41, 5.74) is 2.40. The molecule has 1 heterocycles. The van der Waals surface area contributed by atoms with Crippen LogP contribution in [0.25, 0.3) is 11.3 Å². The molecule has 5 nitrogen and oxygen atoms in total. The Labute approximate surface area is 131 Å². The largest absolute Gasteiger partial charge is 0.356 e. The van der Waals surface area contributed by atoms with Crippen LogP contribution in [0.4, 0.5) is 0 Å². The number of aryl methyl sites for hydroxylation is 1. The minimum Gasteiger partial charge on any atom is -0.356 e. The highest BCUT2D eigenvalue weighted by Gasteiger charge is 2.32. The van der Waals surface area contributed by atoms with Crippen LogP contribution in [0.15, 0.2) is 34.9 Å². The molecule has 0 saturated carbocycles. The normalized spacial score (nSPS) is 15.0. The Kier molecular flexibility index (Phi) is 4.22. The first kappa shape index (κ1) is 15.5. The molecule has 0 bridgehead atoms. The number of rotatable bonds is 4. The molecule has 7 heteroatoms. The summed E-state index contributed by atoms with van der Waals surface area (Å²) >= 11 is 1.88. The summed E-state index contributed by atoms with van der Waals surface area (Å²) in [6.45, 7) is 3.60. The van der Waals surface area contributed by atoms with Gasteiger partial charge in [0.05, 0.1) is 6.26 Å². The molecular formula is C13H14INO4S. The Morgan fingerprint density at radius 2 is 2.05 bits per heavy atom. The quantitative estimate of drug-likeness (QED) is 0.442. The molecule has 1 atom stereocenters. The van der Waals surface area contributed by atoms with Crippen molar-refractivity contribution in [1.82, 2.24) is 5.16 Å². The van der Waals surface area contributed by atoms with Crippen LogP contribution in [0.3, 0.4) is 0 Å². The van der Waals surface area contributed by atoms with Gasteiger partial charge in [0.2, 0.25) is 0 Å². The number of benzene rings is 1. The zero-order valence-electron chi connectivity index (χ0n) is 11.3. The van der Waals surface area contributed by atoms with Gasteiger partial charge in [-0.15, -0.1) is 0 Å². The lowest BCUT2D eigenvalue weighted by molar-refractivity contribution is 0.205. The first-order valence-corrected chi connectivity index (χ1v) is 8.71. The van der Waals surface area contributed by atoms with Crippen LogP contribution in [-0.2, 0) is 17.9 Å². The van der Waals surface area contributed by atoms with E-state index in [0.29, 0.717) is 11.5 Å². The van der Waals surface area contributed by atoms with Gasteiger partial charge in [-0.3, -0.25) is 0 Å². The van der Waals surface area contributed by atoms with Gasteiger partial charge in [-0.25, -0.2) is 4.18 Å². The lowest BCUT2D eigenvalue weighted by Gasteiger charge is -2.17. The molecule has 0 N–H and O–H groups in total. The van der Waals surface area contributed by atoms with E-state index in [2.05, 4.69) is 5.16 Å². The molecule has 0 aliphatic heterocycles. The van der Waals surface area contributed by atoms with E-state index in [-0.39, 0.29) is 0 Å². The van der Waals surface area contributed by atoms with Gasteiger partial charge in [0, 0.05) is 11.6 Å². The van der Waals surface area contributed by atoms with Crippen molar-refractivity contribution in [3.8, 4) is 11.3 Å². The molecule has 0 amide bonds. The van der Waals surface area contributed by atoms with Gasteiger partial charge in [0.15, 0.2) is 9.37 Å². The maximum absolute atomic E-state index is 11.3. The highest BCUT2D eigenvalue weighted by Crippen LogP contribution is 2.35. The van der Waals surface area contributed by atoms with E-state index in [9.17, 15) is 8.42 Å². The molecule has 0 saturated heterocycles. The summed E-state index contributed by atoms with van der Waals surface area (Å²) in [5.74, 6) is 0.573. The Balaban J connectivity index is 2.34. The molecule has 20 heavy (non-hydrogen) atoms. The van der Waals surface area contributed by atoms with Crippen LogP contribution in [-0.4, -0.2) is 19.8 Å². The number of aromatic nitrogens is 1. The molecule has 0 aliphatic carbocycles. The minimum absolute atomic E-state index is 0.417. The van der Waals surface area contributed by atoms with Crippen molar-refractivity contribution in [3.63, 3.8) is 0 Å². The van der Waals surface area contributed by atoms with Crippen LogP contribution >= 0.6 is 22.6 Å². The summed E-state index contributed by atoms with van der Waals surface area (Å²) in [4.78, 5) is 0. The second kappa shape index (κ2) is 5.45. The zero-order chi connectivity index (χ0) is 15.0. The average molecular weight is 407 g/mol. The maximum Gasteiger partial charge on any atom is 0.266 e. The second-order valence-electron chi connectivity index (χ2n) is 4.65. The van der Waals surface area contributed by atoms with Gasteiger partial charge < -0.3 is 4.52 Å². The van der Waals surface area contributed by atoms with Crippen molar-refractivity contribution in [2.24, 2.45) is 0 Å². The Morgan fingerprint density at radius 1 is 1.35 bits per heavy atom. The number of halogens is 1. The minimum atomic E-state index is -3.58. The smallest absolute Gasteiger partial charge is 0.266 e. The van der Waals surface area contributed by atoms with Gasteiger partial charge in [0.1, 0.15) is 5.69 Å². The van der Waals surface area contributed by atoms with Gasteiger partial charge >= 0.3 is 0 Å². The summed E-state index contributed by atoms with van der Waals surface area (Å²) < 4.78 is 31.7. The Morgan fingerprint density at radius 3 is 2.65 bits per heavy atom. The van der Waals surface area contributed by atoms with Crippen molar-refractivity contribution in [3.05, 3.63) is 41.6 Å². The van der Waals surface area contributed by atoms with Crippen molar-refractivity contribution < 1.29 is 17.1 Å². The molecule has 2 aromatic rings. The predicted molar refractivity (Wildman–Crippen MR) is 84.0 cm³/mol. The fourth-order valence-corrected chi connectivity index (χ4v) is 3.63. The van der Waals surface area contributed by atoms with E-state index in [1.165, 1.54) is 0 Å². The van der Waals surface area contributed by atoms with Gasteiger partial charge in [-0.05, 0) is 42.5 Å². The number of hydrogen-bond acceptors (Lipinski definition) is 5. The lowest BCUT2D eigenvalue weighted by Crippen LogP contribution is -2.22. The first-order valence-electron chi connectivity index (χ1n) is 5.81. The highest BCUT2D eigenvalue weighted by atomic mass is 127. The van der Waals surface area contributed by atoms with E-state index < -0.39 is 13.7 Å². The summed E-state index contributed by atoms with van der Waals surface area (Å²) in [6.07, 6.45) is 1.01. The monoisotopic (exact) mass is 407 g/mol. The third-order valence-electron chi connectivity index (χ3n) is 2.58. The van der Waals surface area contributed by atoms with E-state index in [0.717, 1.165) is 17.4 Å². The van der Waals surface area contributed by atoms with E-state index in [1.54, 1.807) is 13.0 Å². The Hall–Kier alpha value is -0.930. The predicted octanol–water partition coefficient (Wildman–Crippen LogP) is 3.23. The van der Waals surface area contributed by atoms with Crippen LogP contribution < -0.4 is 0 Å². The summed E-state index contributed by atoms with van der Waals surface area (Å²) in [7, 11) is -3.58. The molecule has 2 rings (SSSR count). The first-order chi connectivity index (χ1) is 9.17. The maximum atomic E-state index is 11.3. The number of nitrogens with zero attached hydrogens (tertiary/aromatic N) is 1. The molecule has 0 aliphatic rings. The molecule has 0 spiro atoms. The van der Waals surface area contributed by atoms with E-state index in [1.807, 2.05) is 53.8 Å². The Bertz CT molecular complexity index is 721. The van der Waals surface area contributed by atoms with E-state index >= 15 is 0 Å². The molecule has 1 aromatic heterocycles. The van der Waals surface area contributed by atoms with Crippen LogP contribution in [0.2, 0.25) is 0 Å². The number of alkyl halides is 1. The standard InChI is InChI=1S/C13H14INO4S/c1-9-5-4-6-10(7-9)11-8-12(15-18-11)13(2,14)19-20(3,16)17/h4-8H,1-3H3. The van der Waals surface area contributed by atoms with Crippen LogP contribution in [0, 0.1) is 6.92 Å². The van der Waals surface area contributed by atoms with Gasteiger partial charge in [0.25, 0.3) is 10.1 Å². The fraction of sp³-hybridized carbons (Fsp3) is 0.308. The topological polar surface area (TPSA) is 69.4 Å². The van der Waals surface area contributed by atoms with Crippen molar-refractivity contribution in [2.45, 2.75) is 17.5 Å². The summed E-state index contributed by atoms with van der Waals surface area (Å²) in [6, 6.07) is 9.46. The lowest BCUT2D eigenvalue weighted by atomic mass is 10.1. The van der Waals surface area contributed by atoms with Crippen molar-refractivity contribution in [2.75, 3.05) is 6.26 Å². The molecule has 0 radical (unpaired) electrons. The van der Waals surface area contributed by atoms with Gasteiger partial charge in [-0.2, -0.15) is 8.42 Å². The molecule has 108 valence electrons. The van der Waals surface area contributed by atoms with Gasteiger partial charge in [-0.1, -0.05) is 28.9 Å². The highest BCUT2D eigenvalue weighted by molar-refractivity contribution is 14.1. The molecule has 0 fully saturated rings. The van der Waals surface area contributed by atoms with E-state index in [4.69, 9.17) is 8.71 Å². The molecule has 1 aromatic carbocycles. The average Bonchev–Trinajstić information content (AvgIpc) is 2.75. The number of hydrogen-bond donors (Lipinski definition) is 0. The zero-order valence-corrected chi connectivity index (χ0v) is 14.2. The third-order valence-corrected chi connectivity index (χ3v) is 4.29. The second-order valence-corrected chi connectivity index (χ2v) is 8.28. The third kappa shape index (κ3) is 3.80. The summed E-state index contributed by atoms with van der Waals surface area (Å²) in [5, 5.41) is 3.91. The fourth-order valence-electron chi connectivity index (χ4n) is 1.75. The molecular weight excluding hydrogens is 393 g/mol. The van der Waals surface area contributed by atoms with Crippen molar-refractivity contribution >= 4 is 32.7 Å². The SMILES string of the molecule is Cc1cccc(-c2cc(C(C)(I)OS(C)(=O)=O)no2)c1. The van der Waals surface area contributed by atoms with Crippen LogP contribution in [0.5, 0.6) is 0 Å².